The first kappa shape index (κ1) is 8.43. The molecule has 0 aromatic heterocycles. The smallest absolute Gasteiger partial charge is 0.308 e. The lowest BCUT2D eigenvalue weighted by atomic mass is 10.5. The topological polar surface area (TPSA) is 35.5 Å². The minimum atomic E-state index is -0.459. The molecule has 0 aliphatic rings. The van der Waals surface area contributed by atoms with Gasteiger partial charge in [0.2, 0.25) is 0 Å². The molecule has 9 heavy (non-hydrogen) atoms. The number of carbonyl (C=O) groups is 1. The molecule has 0 saturated heterocycles. The van der Waals surface area contributed by atoms with Crippen molar-refractivity contribution in [3.8, 4) is 0 Å². The van der Waals surface area contributed by atoms with Gasteiger partial charge in [-0.25, -0.2) is 0 Å². The van der Waals surface area contributed by atoms with Gasteiger partial charge in [0.1, 0.15) is 0 Å². The molecule has 1 atom stereocenters. The summed E-state index contributed by atoms with van der Waals surface area (Å²) in [4.78, 5) is 10.4. The molecule has 0 amide bonds. The molecule has 0 aliphatic heterocycles. The lowest BCUT2D eigenvalue weighted by Gasteiger charge is -2.08. The molecular formula is C6H11O3. The molecule has 0 fully saturated rings. The Bertz CT molecular complexity index is 90.3. The molecule has 0 aliphatic carbocycles. The average Bonchev–Trinajstić information content (AvgIpc) is 1.87. The van der Waals surface area contributed by atoms with Gasteiger partial charge in [0.25, 0.3) is 0 Å². The highest BCUT2D eigenvalue weighted by Gasteiger charge is 2.03. The first-order valence-corrected chi connectivity index (χ1v) is 2.72. The highest BCUT2D eigenvalue weighted by atomic mass is 16.7. The molecule has 0 aromatic carbocycles. The predicted octanol–water partition coefficient (Wildman–Crippen LogP) is 0.746. The number of hydrogen-bond donors (Lipinski definition) is 0. The van der Waals surface area contributed by atoms with E-state index in [1.807, 2.05) is 0 Å². The maximum Gasteiger partial charge on any atom is 0.308 e. The number of ether oxygens (including phenoxy) is 2. The zero-order valence-corrected chi connectivity index (χ0v) is 5.72. The average molecular weight is 131 g/mol. The molecule has 3 heteroatoms. The maximum absolute atomic E-state index is 10.4. The van der Waals surface area contributed by atoms with Crippen LogP contribution >= 0.6 is 0 Å². The quantitative estimate of drug-likeness (QED) is 0.418. The molecule has 0 spiro atoms. The molecule has 3 nitrogen and oxygen atoms in total. The second-order valence-corrected chi connectivity index (χ2v) is 1.54. The van der Waals surface area contributed by atoms with E-state index in [1.54, 1.807) is 6.92 Å². The second-order valence-electron chi connectivity index (χ2n) is 1.54. The summed E-state index contributed by atoms with van der Waals surface area (Å²) >= 11 is 0. The van der Waals surface area contributed by atoms with Gasteiger partial charge in [-0.2, -0.15) is 0 Å². The fourth-order valence-corrected chi connectivity index (χ4v) is 0.292. The third-order valence-corrected chi connectivity index (χ3v) is 0.833. The van der Waals surface area contributed by atoms with Crippen LogP contribution in [-0.4, -0.2) is 19.4 Å². The monoisotopic (exact) mass is 131 g/mol. The van der Waals surface area contributed by atoms with Crippen molar-refractivity contribution >= 4 is 5.97 Å². The highest BCUT2D eigenvalue weighted by Crippen LogP contribution is 1.92. The van der Waals surface area contributed by atoms with Crippen LogP contribution in [0.5, 0.6) is 0 Å². The number of carbonyl (C=O) groups excluding carboxylic acids is 1. The van der Waals surface area contributed by atoms with E-state index < -0.39 is 6.29 Å². The highest BCUT2D eigenvalue weighted by molar-refractivity contribution is 5.69. The third-order valence-electron chi connectivity index (χ3n) is 0.833. The van der Waals surface area contributed by atoms with E-state index in [9.17, 15) is 4.79 Å². The van der Waals surface area contributed by atoms with Crippen molar-refractivity contribution in [2.24, 2.45) is 0 Å². The van der Waals surface area contributed by atoms with Crippen molar-refractivity contribution in [1.29, 1.82) is 0 Å². The van der Waals surface area contributed by atoms with E-state index in [1.165, 1.54) is 7.11 Å². The van der Waals surface area contributed by atoms with Gasteiger partial charge in [0, 0.05) is 13.5 Å². The SMILES string of the molecule is [CH2]CC(=O)OC(C)OC. The van der Waals surface area contributed by atoms with Crippen molar-refractivity contribution < 1.29 is 14.3 Å². The summed E-state index contributed by atoms with van der Waals surface area (Å²) in [6, 6.07) is 0. The van der Waals surface area contributed by atoms with Crippen LogP contribution in [0.2, 0.25) is 0 Å². The molecule has 0 N–H and O–H groups in total. The molecule has 0 saturated carbocycles. The molecule has 0 aromatic rings. The number of rotatable bonds is 3. The lowest BCUT2D eigenvalue weighted by molar-refractivity contribution is -0.168. The van der Waals surface area contributed by atoms with Crippen LogP contribution in [-0.2, 0) is 14.3 Å². The normalized spacial score (nSPS) is 12.8. The van der Waals surface area contributed by atoms with Gasteiger partial charge in [-0.05, 0) is 13.8 Å². The Hall–Kier alpha value is -0.570. The molecule has 53 valence electrons. The van der Waals surface area contributed by atoms with Gasteiger partial charge in [-0.15, -0.1) is 0 Å². The lowest BCUT2D eigenvalue weighted by Crippen LogP contribution is -2.15. The van der Waals surface area contributed by atoms with Crippen molar-refractivity contribution in [1.82, 2.24) is 0 Å². The third kappa shape index (κ3) is 3.97. The Morgan fingerprint density at radius 1 is 1.78 bits per heavy atom. The van der Waals surface area contributed by atoms with E-state index in [4.69, 9.17) is 0 Å². The van der Waals surface area contributed by atoms with Crippen molar-refractivity contribution in [2.45, 2.75) is 19.6 Å². The van der Waals surface area contributed by atoms with Crippen LogP contribution < -0.4 is 0 Å². The fourth-order valence-electron chi connectivity index (χ4n) is 0.292. The van der Waals surface area contributed by atoms with Crippen LogP contribution in [0.25, 0.3) is 0 Å². The Labute approximate surface area is 55.0 Å². The summed E-state index contributed by atoms with van der Waals surface area (Å²) in [6.07, 6.45) is -0.313. The summed E-state index contributed by atoms with van der Waals surface area (Å²) in [5, 5.41) is 0. The van der Waals surface area contributed by atoms with Crippen LogP contribution in [0.4, 0.5) is 0 Å². The zero-order valence-electron chi connectivity index (χ0n) is 5.72. The first-order chi connectivity index (χ1) is 4.20. The molecular weight excluding hydrogens is 120 g/mol. The predicted molar refractivity (Wildman–Crippen MR) is 32.5 cm³/mol. The minimum Gasteiger partial charge on any atom is -0.436 e. The maximum atomic E-state index is 10.4. The van der Waals surface area contributed by atoms with Gasteiger partial charge < -0.3 is 9.47 Å². The summed E-state index contributed by atoms with van der Waals surface area (Å²) in [6.45, 7) is 4.99. The first-order valence-electron chi connectivity index (χ1n) is 2.72. The van der Waals surface area contributed by atoms with E-state index in [0.29, 0.717) is 0 Å². The number of esters is 1. The van der Waals surface area contributed by atoms with Crippen LogP contribution in [0.3, 0.4) is 0 Å². The van der Waals surface area contributed by atoms with Crippen molar-refractivity contribution in [3.63, 3.8) is 0 Å². The largest absolute Gasteiger partial charge is 0.436 e. The van der Waals surface area contributed by atoms with E-state index in [0.717, 1.165) is 0 Å². The zero-order chi connectivity index (χ0) is 7.28. The Morgan fingerprint density at radius 3 is 2.67 bits per heavy atom. The van der Waals surface area contributed by atoms with Crippen molar-refractivity contribution in [3.05, 3.63) is 6.92 Å². The van der Waals surface area contributed by atoms with Gasteiger partial charge in [0.15, 0.2) is 6.29 Å². The molecule has 0 bridgehead atoms. The van der Waals surface area contributed by atoms with E-state index in [-0.39, 0.29) is 12.4 Å². The summed E-state index contributed by atoms with van der Waals surface area (Å²) in [5.41, 5.74) is 0. The summed E-state index contributed by atoms with van der Waals surface area (Å²) in [7, 11) is 1.47. The van der Waals surface area contributed by atoms with Crippen LogP contribution in [0.1, 0.15) is 13.3 Å². The van der Waals surface area contributed by atoms with E-state index >= 15 is 0 Å². The number of hydrogen-bond acceptors (Lipinski definition) is 3. The summed E-state index contributed by atoms with van der Waals surface area (Å²) in [5.74, 6) is -0.343. The minimum absolute atomic E-state index is 0.147. The van der Waals surface area contributed by atoms with Crippen LogP contribution in [0, 0.1) is 6.92 Å². The van der Waals surface area contributed by atoms with Gasteiger partial charge in [0.05, 0.1) is 0 Å². The molecule has 1 radical (unpaired) electrons. The molecule has 0 rings (SSSR count). The van der Waals surface area contributed by atoms with Crippen molar-refractivity contribution in [2.75, 3.05) is 7.11 Å². The Kier molecular flexibility index (Phi) is 4.05. The summed E-state index contributed by atoms with van der Waals surface area (Å²) < 4.78 is 9.28. The number of methoxy groups -OCH3 is 1. The Morgan fingerprint density at radius 2 is 2.33 bits per heavy atom. The molecule has 0 heterocycles. The molecule has 1 unspecified atom stereocenters. The van der Waals surface area contributed by atoms with Gasteiger partial charge >= 0.3 is 5.97 Å². The second kappa shape index (κ2) is 4.32. The standard InChI is InChI=1S/C6H11O3/c1-4-6(7)9-5(2)8-3/h5H,1,4H2,2-3H3. The van der Waals surface area contributed by atoms with E-state index in [2.05, 4.69) is 16.4 Å². The van der Waals surface area contributed by atoms with Gasteiger partial charge in [-0.1, -0.05) is 0 Å². The Balaban J connectivity index is 3.34. The van der Waals surface area contributed by atoms with Gasteiger partial charge in [-0.3, -0.25) is 4.79 Å². The van der Waals surface area contributed by atoms with Crippen LogP contribution in [0.15, 0.2) is 0 Å². The fraction of sp³-hybridized carbons (Fsp3) is 0.667.